The lowest BCUT2D eigenvalue weighted by Gasteiger charge is -2.13. The Hall–Kier alpha value is -9.26. The summed E-state index contributed by atoms with van der Waals surface area (Å²) in [4.78, 5) is 43.2. The lowest BCUT2D eigenvalue weighted by Crippen LogP contribution is -2.37. The molecule has 7 heterocycles. The van der Waals surface area contributed by atoms with E-state index in [9.17, 15) is 24.8 Å². The number of fused-ring (bicyclic) bond motifs is 7. The first-order chi connectivity index (χ1) is 50.5. The Kier molecular flexibility index (Phi) is 31.7. The maximum absolute atomic E-state index is 12.2. The molecule has 8 aromatic carbocycles. The highest BCUT2D eigenvalue weighted by Gasteiger charge is 2.25. The summed E-state index contributed by atoms with van der Waals surface area (Å²) < 4.78 is 28.3. The number of nitro groups is 1. The van der Waals surface area contributed by atoms with Crippen LogP contribution in [-0.4, -0.2) is 62.7 Å². The van der Waals surface area contributed by atoms with Gasteiger partial charge in [0.2, 0.25) is 30.7 Å². The number of halogens is 2. The van der Waals surface area contributed by atoms with Crippen molar-refractivity contribution >= 4 is 187 Å². The van der Waals surface area contributed by atoms with Crippen LogP contribution in [0.2, 0.25) is 0 Å². The summed E-state index contributed by atoms with van der Waals surface area (Å²) in [6.45, 7) is 4.13. The van der Waals surface area contributed by atoms with Gasteiger partial charge in [0.05, 0.1) is 48.2 Å². The SMILES string of the molecule is C.CN1/C(=C/c2cc[n+](CO)c3ccccc23)Sc2ccccc21.CN1/C(=C/c2cc[n+](COC(=O)Oc3ccc([N+](=O)[O-])cc3)c3ccccc23)Sc2ccccc21.CSc1sc2ccccc2[n+]1C.Cc1cc[n+](CO)c2ccccc12.Cc1ccnc2ccccc12.O=C(Cl)OP=NP.OCBr. The van der Waals surface area contributed by atoms with Gasteiger partial charge in [-0.05, 0) is 148 Å². The number of alkyl halides is 1. The molecule has 0 saturated heterocycles. The van der Waals surface area contributed by atoms with Crippen LogP contribution in [0.25, 0.3) is 66.0 Å². The molecule has 0 fully saturated rings. The van der Waals surface area contributed by atoms with Gasteiger partial charge in [-0.1, -0.05) is 149 Å². The van der Waals surface area contributed by atoms with Crippen LogP contribution >= 0.6 is 92.1 Å². The Labute approximate surface area is 643 Å². The molecule has 27 heteroatoms. The number of carbonyl (C=O) groups excluding carboxylic acids is 2. The van der Waals surface area contributed by atoms with E-state index in [0.717, 1.165) is 49.0 Å². The number of ether oxygens (including phenoxy) is 2. The van der Waals surface area contributed by atoms with Gasteiger partial charge in [0.1, 0.15) is 17.5 Å². The fourth-order valence-corrected chi connectivity index (χ4v) is 15.3. The van der Waals surface area contributed by atoms with Crippen LogP contribution in [0.5, 0.6) is 5.75 Å². The molecule has 1 unspecified atom stereocenters. The Bertz CT molecular complexity index is 5260. The number of hydrogen-bond donors (Lipinski definition) is 3. The summed E-state index contributed by atoms with van der Waals surface area (Å²) >= 11 is 14.6. The summed E-state index contributed by atoms with van der Waals surface area (Å²) in [6, 6.07) is 70.8. The molecule has 19 nitrogen and oxygen atoms in total. The number of pyridine rings is 4. The largest absolute Gasteiger partial charge is 0.518 e. The van der Waals surface area contributed by atoms with Crippen molar-refractivity contribution in [2.24, 2.45) is 11.6 Å². The molecule has 2 aliphatic heterocycles. The van der Waals surface area contributed by atoms with Gasteiger partial charge in [-0.3, -0.25) is 15.1 Å². The number of hydrogen-bond acceptors (Lipinski definition) is 18. The summed E-state index contributed by atoms with van der Waals surface area (Å²) in [7, 11) is 8.51. The summed E-state index contributed by atoms with van der Waals surface area (Å²) in [5.41, 5.74) is 11.7. The molecule has 2 aliphatic rings. The number of nitro benzene ring substituents is 1. The summed E-state index contributed by atoms with van der Waals surface area (Å²) in [5.74, 6) is 0.164. The number of aromatic nitrogens is 5. The van der Waals surface area contributed by atoms with E-state index in [4.69, 9.17) is 31.3 Å². The van der Waals surface area contributed by atoms with Crippen molar-refractivity contribution in [3.63, 3.8) is 0 Å². The van der Waals surface area contributed by atoms with Crippen molar-refractivity contribution in [1.82, 2.24) is 4.98 Å². The summed E-state index contributed by atoms with van der Waals surface area (Å²) in [6.07, 6.45) is 13.1. The van der Waals surface area contributed by atoms with E-state index in [1.807, 2.05) is 168 Å². The van der Waals surface area contributed by atoms with E-state index in [1.54, 1.807) is 35.3 Å². The fourth-order valence-electron chi connectivity index (χ4n) is 10.9. The van der Waals surface area contributed by atoms with Gasteiger partial charge in [-0.2, -0.15) is 18.3 Å². The van der Waals surface area contributed by atoms with E-state index >= 15 is 0 Å². The number of aliphatic hydroxyl groups is 3. The van der Waals surface area contributed by atoms with Gasteiger partial charge >= 0.3 is 11.6 Å². The number of thioether (sulfide) groups is 3. The van der Waals surface area contributed by atoms with Crippen LogP contribution in [0.3, 0.4) is 0 Å². The molecular formula is C78H77BrClN9O10P2S4+4. The highest BCUT2D eigenvalue weighted by molar-refractivity contribution is 9.09. The zero-order valence-electron chi connectivity index (χ0n) is 57.2. The molecule has 0 spiro atoms. The summed E-state index contributed by atoms with van der Waals surface area (Å²) in [5, 5.41) is 43.8. The number of benzene rings is 8. The Morgan fingerprint density at radius 3 is 1.60 bits per heavy atom. The molecule has 0 saturated carbocycles. The zero-order valence-corrected chi connectivity index (χ0v) is 64.9. The molecule has 0 bridgehead atoms. The smallest absolute Gasteiger partial charge is 0.395 e. The van der Waals surface area contributed by atoms with Crippen molar-refractivity contribution < 1.29 is 62.1 Å². The molecule has 0 radical (unpaired) electrons. The maximum Gasteiger partial charge on any atom is 0.518 e. The van der Waals surface area contributed by atoms with Crippen LogP contribution in [0.1, 0.15) is 29.7 Å². The van der Waals surface area contributed by atoms with Crippen LogP contribution in [0.15, 0.2) is 272 Å². The minimum atomic E-state index is -0.900. The molecule has 0 amide bonds. The average Bonchev–Trinajstić information content (AvgIpc) is 1.78. The number of rotatable bonds is 10. The van der Waals surface area contributed by atoms with Crippen molar-refractivity contribution in [3.8, 4) is 5.75 Å². The second-order valence-corrected chi connectivity index (χ2v) is 28.6. The normalized spacial score (nSPS) is 12.3. The van der Waals surface area contributed by atoms with E-state index < -0.39 is 16.5 Å². The molecule has 3 N–H and O–H groups in total. The second kappa shape index (κ2) is 40.9. The first-order valence-electron chi connectivity index (χ1n) is 31.8. The first-order valence-corrected chi connectivity index (χ1v) is 38.3. The lowest BCUT2D eigenvalue weighted by molar-refractivity contribution is -0.706. The number of aryl methyl sites for hydroxylation is 3. The number of anilines is 2. The topological polar surface area (TPSA) is 213 Å². The van der Waals surface area contributed by atoms with E-state index in [-0.39, 0.29) is 53.2 Å². The molecule has 538 valence electrons. The van der Waals surface area contributed by atoms with Crippen molar-refractivity contribution in [3.05, 3.63) is 286 Å². The number of aliphatic hydroxyl groups excluding tert-OH is 3. The minimum absolute atomic E-state index is 0. The predicted molar refractivity (Wildman–Crippen MR) is 435 cm³/mol. The molecule has 0 aliphatic carbocycles. The number of thiazole rings is 1. The number of carbonyl (C=O) groups is 2. The van der Waals surface area contributed by atoms with Crippen LogP contribution < -0.4 is 32.8 Å². The highest BCUT2D eigenvalue weighted by atomic mass is 79.9. The van der Waals surface area contributed by atoms with Crippen LogP contribution in [0.4, 0.5) is 26.7 Å². The molecule has 1 atom stereocenters. The number of non-ortho nitro benzene ring substituents is 1. The van der Waals surface area contributed by atoms with Crippen LogP contribution in [-0.2, 0) is 36.5 Å². The quantitative estimate of drug-likeness (QED) is 0.0134. The standard InChI is InChI=1S/C26H20N3O5S.C19H17N2OS.C11H12NO.C10H9N.C9H10NS2.CH3BrO.CH2ClNO2P2.CH4/c1-27-23-8-4-5-9-24(23)35-25(27)16-18-14-15-28(22-7-3-2-6-21(18)22)17-33-26(30)34-20-12-10-19(11-13-20)29(31)32;1-20-17-8-4-5-9-18(17)23-19(20)12-14-10-11-21(13-22)16-7-3-2-6-15(14)16;1-9-6-7-12(8-13)11-5-3-2-4-10(9)11;1-8-6-7-11-10-5-3-2-4-9(8)10;1-10-7-5-3-4-6-8(7)12-9(10)11-2;2-1-3;2-1(4)5-7-3-6;/h2-16H,17H2,1H3;2-12,22H,13H2,1H3;2-7,13H,8H2,1H3;2-7H,1H3;3-6H,1-2H3;3H,1H2;6H2;1H4/q3*+1;;+1;;;. The van der Waals surface area contributed by atoms with E-state index in [0.29, 0.717) is 0 Å². The van der Waals surface area contributed by atoms with Crippen molar-refractivity contribution in [2.45, 2.75) is 55.6 Å². The first kappa shape index (κ1) is 81.4. The maximum atomic E-state index is 12.2. The Morgan fingerprint density at radius 2 is 1.10 bits per heavy atom. The third kappa shape index (κ3) is 21.7. The van der Waals surface area contributed by atoms with Gasteiger partial charge in [0, 0.05) is 107 Å². The monoisotopic (exact) mass is 1600 g/mol. The molecule has 105 heavy (non-hydrogen) atoms. The van der Waals surface area contributed by atoms with E-state index in [2.05, 4.69) is 183 Å². The van der Waals surface area contributed by atoms with Gasteiger partial charge in [0.25, 0.3) is 30.2 Å². The fraction of sp³-hybridized carbons (Fsp3) is 0.141. The third-order valence-electron chi connectivity index (χ3n) is 15.9. The molecule has 13 aromatic rings. The van der Waals surface area contributed by atoms with E-state index in [1.165, 1.54) is 86.9 Å². The zero-order chi connectivity index (χ0) is 74.1. The van der Waals surface area contributed by atoms with Crippen LogP contribution in [0, 0.1) is 24.0 Å². The third-order valence-corrected chi connectivity index (χ3v) is 21.5. The molecule has 15 rings (SSSR count). The average molecular weight is 1610 g/mol. The van der Waals surface area contributed by atoms with Crippen molar-refractivity contribution in [1.29, 1.82) is 0 Å². The Balaban J connectivity index is 0.000000171. The molecular weight excluding hydrogens is 1530 g/mol. The van der Waals surface area contributed by atoms with Crippen molar-refractivity contribution in [2.75, 3.05) is 35.7 Å². The molecule has 5 aromatic heterocycles. The Morgan fingerprint density at radius 1 is 0.648 bits per heavy atom. The van der Waals surface area contributed by atoms with Gasteiger partial charge in [-0.15, -0.1) is 0 Å². The number of para-hydroxylation sites is 7. The predicted octanol–water partition coefficient (Wildman–Crippen LogP) is 18.9. The highest BCUT2D eigenvalue weighted by Crippen LogP contribution is 2.47. The number of nitrogens with zero attached hydrogens (tertiary/aromatic N) is 9. The second-order valence-electron chi connectivity index (χ2n) is 22.3. The lowest BCUT2D eigenvalue weighted by atomic mass is 10.1. The van der Waals surface area contributed by atoms with Gasteiger partial charge in [0.15, 0.2) is 18.6 Å². The van der Waals surface area contributed by atoms with Gasteiger partial charge < -0.3 is 39.1 Å². The van der Waals surface area contributed by atoms with Gasteiger partial charge in [-0.25, -0.2) is 14.1 Å². The minimum Gasteiger partial charge on any atom is -0.395 e.